The predicted molar refractivity (Wildman–Crippen MR) is 74.7 cm³/mol. The number of aryl methyl sites for hydroxylation is 2. The molecule has 4 heteroatoms. The van der Waals surface area contributed by atoms with E-state index in [1.165, 1.54) is 23.4 Å². The van der Waals surface area contributed by atoms with Gasteiger partial charge in [-0.05, 0) is 25.0 Å². The van der Waals surface area contributed by atoms with Gasteiger partial charge in [0.15, 0.2) is 6.20 Å². The minimum absolute atomic E-state index is 0. The summed E-state index contributed by atoms with van der Waals surface area (Å²) >= 11 is 0. The van der Waals surface area contributed by atoms with Gasteiger partial charge in [0.1, 0.15) is 6.54 Å². The van der Waals surface area contributed by atoms with Crippen LogP contribution in [0.4, 0.5) is 0 Å². The summed E-state index contributed by atoms with van der Waals surface area (Å²) in [6, 6.07) is 10.6. The van der Waals surface area contributed by atoms with Crippen molar-refractivity contribution >= 4 is 16.9 Å². The molecule has 1 heterocycles. The molecule has 0 atom stereocenters. The Morgan fingerprint density at radius 1 is 1.20 bits per heavy atom. The maximum atomic E-state index is 10.7. The molecule has 20 heavy (non-hydrogen) atoms. The van der Waals surface area contributed by atoms with Crippen molar-refractivity contribution in [3.63, 3.8) is 0 Å². The third kappa shape index (κ3) is 4.44. The zero-order valence-electron chi connectivity index (χ0n) is 11.9. The summed E-state index contributed by atoms with van der Waals surface area (Å²) < 4.78 is 7.20. The molecular formula is C16H20INO2. The van der Waals surface area contributed by atoms with Crippen LogP contribution in [0.2, 0.25) is 0 Å². The van der Waals surface area contributed by atoms with E-state index in [4.69, 9.17) is 4.74 Å². The third-order valence-electron chi connectivity index (χ3n) is 3.24. The van der Waals surface area contributed by atoms with Gasteiger partial charge in [-0.1, -0.05) is 12.1 Å². The molecular weight excluding hydrogens is 365 g/mol. The highest BCUT2D eigenvalue weighted by molar-refractivity contribution is 5.78. The van der Waals surface area contributed by atoms with E-state index in [0.717, 1.165) is 19.4 Å². The van der Waals surface area contributed by atoms with E-state index in [1.54, 1.807) is 0 Å². The van der Waals surface area contributed by atoms with Crippen molar-refractivity contribution in [1.82, 2.24) is 0 Å². The Bertz CT molecular complexity index is 584. The SMILES string of the molecule is CC(=O)OCCCC[n+]1ccc(C)c2ccccc21.[I-]. The maximum Gasteiger partial charge on any atom is 0.302 e. The van der Waals surface area contributed by atoms with Crippen LogP contribution >= 0.6 is 0 Å². The van der Waals surface area contributed by atoms with E-state index in [9.17, 15) is 4.79 Å². The molecule has 0 N–H and O–H groups in total. The predicted octanol–water partition coefficient (Wildman–Crippen LogP) is -0.217. The van der Waals surface area contributed by atoms with Crippen LogP contribution in [0.15, 0.2) is 36.5 Å². The van der Waals surface area contributed by atoms with Crippen LogP contribution in [-0.2, 0) is 16.1 Å². The van der Waals surface area contributed by atoms with E-state index in [2.05, 4.69) is 48.0 Å². The average Bonchev–Trinajstić information content (AvgIpc) is 2.41. The second-order valence-electron chi connectivity index (χ2n) is 4.76. The molecule has 0 spiro atoms. The number of fused-ring (bicyclic) bond motifs is 1. The van der Waals surface area contributed by atoms with Crippen molar-refractivity contribution in [2.24, 2.45) is 0 Å². The molecule has 0 aliphatic heterocycles. The first-order valence-corrected chi connectivity index (χ1v) is 6.69. The molecule has 2 aromatic rings. The fourth-order valence-corrected chi connectivity index (χ4v) is 2.22. The molecule has 1 aromatic carbocycles. The summed E-state index contributed by atoms with van der Waals surface area (Å²) in [6.07, 6.45) is 4.03. The first-order valence-electron chi connectivity index (χ1n) is 6.69. The van der Waals surface area contributed by atoms with Crippen molar-refractivity contribution in [2.45, 2.75) is 33.2 Å². The van der Waals surface area contributed by atoms with E-state index < -0.39 is 0 Å². The summed E-state index contributed by atoms with van der Waals surface area (Å²) in [4.78, 5) is 10.7. The molecule has 0 amide bonds. The van der Waals surface area contributed by atoms with Gasteiger partial charge in [-0.25, -0.2) is 0 Å². The van der Waals surface area contributed by atoms with Gasteiger partial charge in [0, 0.05) is 30.9 Å². The molecule has 0 aliphatic carbocycles. The van der Waals surface area contributed by atoms with Crippen molar-refractivity contribution in [3.05, 3.63) is 42.1 Å². The quantitative estimate of drug-likeness (QED) is 0.309. The number of carbonyl (C=O) groups is 1. The molecule has 0 saturated carbocycles. The number of nitrogens with zero attached hydrogens (tertiary/aromatic N) is 1. The van der Waals surface area contributed by atoms with Crippen molar-refractivity contribution in [3.8, 4) is 0 Å². The molecule has 0 bridgehead atoms. The number of esters is 1. The van der Waals surface area contributed by atoms with Crippen LogP contribution in [-0.4, -0.2) is 12.6 Å². The van der Waals surface area contributed by atoms with Crippen LogP contribution in [0.3, 0.4) is 0 Å². The van der Waals surface area contributed by atoms with E-state index in [0.29, 0.717) is 6.61 Å². The van der Waals surface area contributed by atoms with E-state index in [-0.39, 0.29) is 29.9 Å². The number of rotatable bonds is 5. The lowest BCUT2D eigenvalue weighted by Gasteiger charge is -2.04. The first kappa shape index (κ1) is 16.9. The first-order chi connectivity index (χ1) is 9.18. The summed E-state index contributed by atoms with van der Waals surface area (Å²) in [5.41, 5.74) is 2.56. The maximum absolute atomic E-state index is 10.7. The van der Waals surface area contributed by atoms with E-state index in [1.807, 2.05) is 0 Å². The number of ether oxygens (including phenoxy) is 1. The van der Waals surface area contributed by atoms with Gasteiger partial charge in [0.25, 0.3) is 0 Å². The van der Waals surface area contributed by atoms with Gasteiger partial charge < -0.3 is 28.7 Å². The number of carbonyl (C=O) groups excluding carboxylic acids is 1. The summed E-state index contributed by atoms with van der Waals surface area (Å²) in [7, 11) is 0. The van der Waals surface area contributed by atoms with Crippen LogP contribution < -0.4 is 28.5 Å². The Morgan fingerprint density at radius 2 is 1.95 bits per heavy atom. The molecule has 0 radical (unpaired) electrons. The topological polar surface area (TPSA) is 30.2 Å². The van der Waals surface area contributed by atoms with Crippen LogP contribution in [0.5, 0.6) is 0 Å². The number of aromatic nitrogens is 1. The highest BCUT2D eigenvalue weighted by Crippen LogP contribution is 2.13. The zero-order chi connectivity index (χ0) is 13.7. The third-order valence-corrected chi connectivity index (χ3v) is 3.24. The molecule has 108 valence electrons. The summed E-state index contributed by atoms with van der Waals surface area (Å²) in [5, 5.41) is 1.30. The highest BCUT2D eigenvalue weighted by Gasteiger charge is 2.09. The number of hydrogen-bond donors (Lipinski definition) is 0. The molecule has 0 aliphatic rings. The Morgan fingerprint density at radius 3 is 2.70 bits per heavy atom. The van der Waals surface area contributed by atoms with Crippen LogP contribution in [0.25, 0.3) is 10.9 Å². The molecule has 0 fully saturated rings. The monoisotopic (exact) mass is 385 g/mol. The van der Waals surface area contributed by atoms with Gasteiger partial charge in [-0.2, -0.15) is 4.57 Å². The standard InChI is InChI=1S/C16H20NO2.HI/c1-13-9-11-17(10-5-6-12-19-14(2)18)16-8-4-3-7-15(13)16;/h3-4,7-9,11H,5-6,10,12H2,1-2H3;1H/q+1;/p-1. The van der Waals surface area contributed by atoms with Crippen LogP contribution in [0, 0.1) is 6.92 Å². The Hall–Kier alpha value is -1.17. The second-order valence-corrected chi connectivity index (χ2v) is 4.76. The Kier molecular flexibility index (Phi) is 6.91. The fourth-order valence-electron chi connectivity index (χ4n) is 2.22. The molecule has 1 aromatic heterocycles. The molecule has 0 saturated heterocycles. The number of para-hydroxylation sites is 1. The number of hydrogen-bond acceptors (Lipinski definition) is 2. The lowest BCUT2D eigenvalue weighted by molar-refractivity contribution is -0.671. The minimum atomic E-state index is -0.201. The van der Waals surface area contributed by atoms with E-state index >= 15 is 0 Å². The van der Waals surface area contributed by atoms with Crippen molar-refractivity contribution in [2.75, 3.05) is 6.61 Å². The van der Waals surface area contributed by atoms with Gasteiger partial charge in [0.05, 0.1) is 6.61 Å². The van der Waals surface area contributed by atoms with Gasteiger partial charge in [-0.3, -0.25) is 4.79 Å². The summed E-state index contributed by atoms with van der Waals surface area (Å²) in [6.45, 7) is 5.04. The molecule has 3 nitrogen and oxygen atoms in total. The minimum Gasteiger partial charge on any atom is -1.00 e. The zero-order valence-corrected chi connectivity index (χ0v) is 14.1. The van der Waals surface area contributed by atoms with Crippen LogP contribution in [0.1, 0.15) is 25.3 Å². The summed E-state index contributed by atoms with van der Waals surface area (Å²) in [5.74, 6) is -0.201. The Labute approximate surface area is 137 Å². The fraction of sp³-hybridized carbons (Fsp3) is 0.375. The lowest BCUT2D eigenvalue weighted by atomic mass is 10.1. The lowest BCUT2D eigenvalue weighted by Crippen LogP contribution is -3.00. The smallest absolute Gasteiger partial charge is 0.302 e. The van der Waals surface area contributed by atoms with Crippen molar-refractivity contribution < 1.29 is 38.1 Å². The van der Waals surface area contributed by atoms with Crippen molar-refractivity contribution in [1.29, 1.82) is 0 Å². The van der Waals surface area contributed by atoms with Gasteiger partial charge in [0.2, 0.25) is 5.52 Å². The normalized spacial score (nSPS) is 10.1. The largest absolute Gasteiger partial charge is 1.00 e. The number of pyridine rings is 1. The van der Waals surface area contributed by atoms with Gasteiger partial charge in [-0.15, -0.1) is 0 Å². The number of unbranched alkanes of at least 4 members (excludes halogenated alkanes) is 1. The van der Waals surface area contributed by atoms with Gasteiger partial charge >= 0.3 is 5.97 Å². The number of halogens is 1. The molecule has 2 rings (SSSR count). The second kappa shape index (κ2) is 8.19. The highest BCUT2D eigenvalue weighted by atomic mass is 127. The average molecular weight is 385 g/mol. The molecule has 0 unspecified atom stereocenters. The number of benzene rings is 1. The Balaban J connectivity index is 0.00000200.